The van der Waals surface area contributed by atoms with Gasteiger partial charge in [0.1, 0.15) is 5.75 Å². The molecule has 0 unspecified atom stereocenters. The summed E-state index contributed by atoms with van der Waals surface area (Å²) in [5.74, 6) is 0.0454. The molecule has 0 aliphatic heterocycles. The number of hydrogen-bond donors (Lipinski definition) is 2. The SMILES string of the molecule is C=CCC[C@@H](N)c1c(O)cc(Cl)cc1Cl.Cl. The lowest BCUT2D eigenvalue weighted by atomic mass is 10.0. The minimum Gasteiger partial charge on any atom is -0.508 e. The van der Waals surface area contributed by atoms with Crippen molar-refractivity contribution in [2.75, 3.05) is 0 Å². The average Bonchev–Trinajstić information content (AvgIpc) is 2.12. The minimum absolute atomic E-state index is 0. The fourth-order valence-corrected chi connectivity index (χ4v) is 2.00. The Labute approximate surface area is 111 Å². The number of phenols is 1. The molecule has 1 rings (SSSR count). The molecule has 0 aromatic heterocycles. The van der Waals surface area contributed by atoms with Gasteiger partial charge in [-0.15, -0.1) is 19.0 Å². The van der Waals surface area contributed by atoms with Gasteiger partial charge in [-0.05, 0) is 25.0 Å². The van der Waals surface area contributed by atoms with E-state index in [1.54, 1.807) is 12.1 Å². The van der Waals surface area contributed by atoms with Gasteiger partial charge in [0.25, 0.3) is 0 Å². The zero-order valence-electron chi connectivity index (χ0n) is 8.62. The summed E-state index contributed by atoms with van der Waals surface area (Å²) >= 11 is 11.7. The van der Waals surface area contributed by atoms with E-state index < -0.39 is 0 Å². The second-order valence-electron chi connectivity index (χ2n) is 3.29. The Bertz CT molecular complexity index is 345. The van der Waals surface area contributed by atoms with Crippen LogP contribution in [0.25, 0.3) is 0 Å². The highest BCUT2D eigenvalue weighted by Crippen LogP contribution is 2.35. The number of aromatic hydroxyl groups is 1. The molecule has 0 amide bonds. The number of benzene rings is 1. The highest BCUT2D eigenvalue weighted by molar-refractivity contribution is 6.35. The van der Waals surface area contributed by atoms with Crippen LogP contribution in [0.15, 0.2) is 24.8 Å². The quantitative estimate of drug-likeness (QED) is 0.817. The third kappa shape index (κ3) is 3.87. The van der Waals surface area contributed by atoms with Crippen LogP contribution in [0.3, 0.4) is 0 Å². The van der Waals surface area contributed by atoms with Crippen LogP contribution in [-0.4, -0.2) is 5.11 Å². The number of hydrogen-bond acceptors (Lipinski definition) is 2. The Morgan fingerprint density at radius 3 is 2.56 bits per heavy atom. The van der Waals surface area contributed by atoms with Crippen molar-refractivity contribution in [2.24, 2.45) is 5.73 Å². The Morgan fingerprint density at radius 2 is 2.06 bits per heavy atom. The van der Waals surface area contributed by atoms with E-state index in [0.717, 1.165) is 6.42 Å². The fraction of sp³-hybridized carbons (Fsp3) is 0.273. The number of nitrogens with two attached hydrogens (primary N) is 1. The molecule has 0 fully saturated rings. The molecule has 0 aliphatic rings. The first-order chi connectivity index (χ1) is 7.06. The molecular formula is C11H14Cl3NO. The number of halogens is 3. The Morgan fingerprint density at radius 1 is 1.44 bits per heavy atom. The van der Waals surface area contributed by atoms with Crippen LogP contribution >= 0.6 is 35.6 Å². The predicted molar refractivity (Wildman–Crippen MR) is 71.7 cm³/mol. The van der Waals surface area contributed by atoms with Gasteiger partial charge in [-0.2, -0.15) is 0 Å². The second-order valence-corrected chi connectivity index (χ2v) is 4.14. The van der Waals surface area contributed by atoms with Crippen LogP contribution in [0.4, 0.5) is 0 Å². The molecule has 0 heterocycles. The summed E-state index contributed by atoms with van der Waals surface area (Å²) in [4.78, 5) is 0. The van der Waals surface area contributed by atoms with Gasteiger partial charge >= 0.3 is 0 Å². The van der Waals surface area contributed by atoms with Crippen LogP contribution in [0.2, 0.25) is 10.0 Å². The summed E-state index contributed by atoms with van der Waals surface area (Å²) in [5, 5.41) is 10.5. The molecule has 3 N–H and O–H groups in total. The van der Waals surface area contributed by atoms with E-state index in [0.29, 0.717) is 22.0 Å². The summed E-state index contributed by atoms with van der Waals surface area (Å²) in [5.41, 5.74) is 6.44. The van der Waals surface area contributed by atoms with E-state index in [9.17, 15) is 5.11 Å². The van der Waals surface area contributed by atoms with Crippen molar-refractivity contribution in [1.29, 1.82) is 0 Å². The van der Waals surface area contributed by atoms with Gasteiger partial charge in [0.2, 0.25) is 0 Å². The van der Waals surface area contributed by atoms with Crippen molar-refractivity contribution in [2.45, 2.75) is 18.9 Å². The topological polar surface area (TPSA) is 46.2 Å². The molecule has 0 saturated carbocycles. The van der Waals surface area contributed by atoms with Gasteiger partial charge in [-0.25, -0.2) is 0 Å². The van der Waals surface area contributed by atoms with Gasteiger partial charge in [0.15, 0.2) is 0 Å². The van der Waals surface area contributed by atoms with Gasteiger partial charge in [0, 0.05) is 16.6 Å². The highest BCUT2D eigenvalue weighted by Gasteiger charge is 2.15. The van der Waals surface area contributed by atoms with Gasteiger partial charge in [-0.1, -0.05) is 29.3 Å². The van der Waals surface area contributed by atoms with Gasteiger partial charge in [-0.3, -0.25) is 0 Å². The first kappa shape index (κ1) is 15.6. The average molecular weight is 283 g/mol. The summed E-state index contributed by atoms with van der Waals surface area (Å²) in [6.45, 7) is 3.61. The number of phenolic OH excluding ortho intramolecular Hbond substituents is 1. The lowest BCUT2D eigenvalue weighted by Crippen LogP contribution is -2.10. The van der Waals surface area contributed by atoms with E-state index >= 15 is 0 Å². The molecule has 1 aromatic rings. The zero-order chi connectivity index (χ0) is 11.4. The Hall–Kier alpha value is -0.410. The molecule has 5 heteroatoms. The highest BCUT2D eigenvalue weighted by atomic mass is 35.5. The maximum Gasteiger partial charge on any atom is 0.123 e. The normalized spacial score (nSPS) is 11.7. The standard InChI is InChI=1S/C11H13Cl2NO.ClH/c1-2-3-4-9(14)11-8(13)5-7(12)6-10(11)15;/h2,5-6,9,15H,1,3-4,14H2;1H/t9-;/m1./s1. The third-order valence-corrected chi connectivity index (χ3v) is 2.66. The van der Waals surface area contributed by atoms with Gasteiger partial charge in [0.05, 0.1) is 5.02 Å². The fourth-order valence-electron chi connectivity index (χ4n) is 1.38. The first-order valence-electron chi connectivity index (χ1n) is 4.60. The monoisotopic (exact) mass is 281 g/mol. The van der Waals surface area contributed by atoms with Crippen LogP contribution in [0.5, 0.6) is 5.75 Å². The van der Waals surface area contributed by atoms with E-state index in [2.05, 4.69) is 6.58 Å². The molecule has 1 aromatic carbocycles. The smallest absolute Gasteiger partial charge is 0.123 e. The van der Waals surface area contributed by atoms with Crippen molar-refractivity contribution in [3.8, 4) is 5.75 Å². The summed E-state index contributed by atoms with van der Waals surface area (Å²) in [7, 11) is 0. The molecule has 16 heavy (non-hydrogen) atoms. The molecule has 2 nitrogen and oxygen atoms in total. The molecule has 0 saturated heterocycles. The van der Waals surface area contributed by atoms with Crippen molar-refractivity contribution in [3.05, 3.63) is 40.4 Å². The van der Waals surface area contributed by atoms with Crippen LogP contribution in [0, 0.1) is 0 Å². The van der Waals surface area contributed by atoms with E-state index in [4.69, 9.17) is 28.9 Å². The van der Waals surface area contributed by atoms with Crippen molar-refractivity contribution in [3.63, 3.8) is 0 Å². The van der Waals surface area contributed by atoms with Crippen LogP contribution in [-0.2, 0) is 0 Å². The van der Waals surface area contributed by atoms with E-state index in [1.165, 1.54) is 6.07 Å². The molecule has 0 bridgehead atoms. The predicted octanol–water partition coefficient (Wildman–Crippen LogP) is 4.09. The molecule has 90 valence electrons. The third-order valence-electron chi connectivity index (χ3n) is 2.13. The molecule has 0 spiro atoms. The lowest BCUT2D eigenvalue weighted by molar-refractivity contribution is 0.459. The lowest BCUT2D eigenvalue weighted by Gasteiger charge is -2.14. The van der Waals surface area contributed by atoms with Gasteiger partial charge < -0.3 is 10.8 Å². The minimum atomic E-state index is -0.298. The van der Waals surface area contributed by atoms with Crippen molar-refractivity contribution in [1.82, 2.24) is 0 Å². The maximum absolute atomic E-state index is 9.67. The largest absolute Gasteiger partial charge is 0.508 e. The molecule has 0 aliphatic carbocycles. The zero-order valence-corrected chi connectivity index (χ0v) is 10.9. The first-order valence-corrected chi connectivity index (χ1v) is 5.36. The van der Waals surface area contributed by atoms with E-state index in [1.807, 2.05) is 0 Å². The van der Waals surface area contributed by atoms with E-state index in [-0.39, 0.29) is 24.2 Å². The molecule has 0 radical (unpaired) electrons. The Kier molecular flexibility index (Phi) is 6.84. The number of rotatable bonds is 4. The summed E-state index contributed by atoms with van der Waals surface area (Å²) in [6.07, 6.45) is 3.25. The van der Waals surface area contributed by atoms with Crippen LogP contribution < -0.4 is 5.73 Å². The van der Waals surface area contributed by atoms with Crippen molar-refractivity contribution < 1.29 is 5.11 Å². The molecule has 1 atom stereocenters. The van der Waals surface area contributed by atoms with Crippen molar-refractivity contribution >= 4 is 35.6 Å². The number of allylic oxidation sites excluding steroid dienone is 1. The van der Waals surface area contributed by atoms with Crippen LogP contribution in [0.1, 0.15) is 24.4 Å². The summed E-state index contributed by atoms with van der Waals surface area (Å²) in [6, 6.07) is 2.72. The summed E-state index contributed by atoms with van der Waals surface area (Å²) < 4.78 is 0. The second kappa shape index (κ2) is 7.02. The molecular weight excluding hydrogens is 268 g/mol. The maximum atomic E-state index is 9.67. The Balaban J connectivity index is 0.00000225.